The van der Waals surface area contributed by atoms with Crippen molar-refractivity contribution in [1.82, 2.24) is 0 Å². The molecular weight excluding hydrogens is 331 g/mol. The van der Waals surface area contributed by atoms with Crippen LogP contribution in [-0.2, 0) is 0 Å². The Labute approximate surface area is 150 Å². The fourth-order valence-corrected chi connectivity index (χ4v) is 2.47. The van der Waals surface area contributed by atoms with Crippen LogP contribution in [0.4, 0.5) is 15.8 Å². The number of rotatable bonds is 4. The normalized spacial score (nSPS) is 10.2. The number of hydrogen-bond donors (Lipinski definition) is 2. The van der Waals surface area contributed by atoms with Crippen molar-refractivity contribution in [2.75, 3.05) is 10.6 Å². The van der Waals surface area contributed by atoms with Crippen molar-refractivity contribution < 1.29 is 14.0 Å². The summed E-state index contributed by atoms with van der Waals surface area (Å²) >= 11 is 0. The lowest BCUT2D eigenvalue weighted by atomic mass is 10.1. The Morgan fingerprint density at radius 2 is 1.46 bits per heavy atom. The van der Waals surface area contributed by atoms with Gasteiger partial charge in [0.05, 0.1) is 5.56 Å². The van der Waals surface area contributed by atoms with Crippen molar-refractivity contribution >= 4 is 23.2 Å². The number of hydrogen-bond acceptors (Lipinski definition) is 2. The van der Waals surface area contributed by atoms with E-state index in [1.165, 1.54) is 18.2 Å². The van der Waals surface area contributed by atoms with Gasteiger partial charge in [-0.25, -0.2) is 4.39 Å². The molecule has 0 spiro atoms. The van der Waals surface area contributed by atoms with Crippen molar-refractivity contribution in [3.8, 4) is 0 Å². The highest BCUT2D eigenvalue weighted by molar-refractivity contribution is 6.06. The van der Waals surface area contributed by atoms with E-state index in [4.69, 9.17) is 0 Å². The molecule has 0 saturated heterocycles. The molecular formula is C21H17FN2O2. The lowest BCUT2D eigenvalue weighted by Crippen LogP contribution is -2.14. The molecule has 0 aliphatic heterocycles. The molecule has 0 bridgehead atoms. The summed E-state index contributed by atoms with van der Waals surface area (Å²) in [4.78, 5) is 24.4. The van der Waals surface area contributed by atoms with E-state index in [1.807, 2.05) is 31.2 Å². The van der Waals surface area contributed by atoms with Crippen molar-refractivity contribution in [2.24, 2.45) is 0 Å². The molecule has 0 aromatic heterocycles. The summed E-state index contributed by atoms with van der Waals surface area (Å²) in [6.07, 6.45) is 0. The Balaban J connectivity index is 1.67. The molecule has 130 valence electrons. The molecule has 0 fully saturated rings. The molecule has 2 N–H and O–H groups in total. The highest BCUT2D eigenvalue weighted by Gasteiger charge is 2.11. The van der Waals surface area contributed by atoms with E-state index in [-0.39, 0.29) is 11.5 Å². The van der Waals surface area contributed by atoms with Crippen LogP contribution < -0.4 is 10.6 Å². The van der Waals surface area contributed by atoms with Gasteiger partial charge >= 0.3 is 0 Å². The van der Waals surface area contributed by atoms with Crippen molar-refractivity contribution in [2.45, 2.75) is 6.92 Å². The van der Waals surface area contributed by atoms with E-state index in [0.29, 0.717) is 16.9 Å². The number of halogens is 1. The minimum atomic E-state index is -0.584. The number of nitrogens with one attached hydrogen (secondary N) is 2. The first-order valence-electron chi connectivity index (χ1n) is 8.07. The highest BCUT2D eigenvalue weighted by Crippen LogP contribution is 2.15. The maximum atomic E-state index is 13.6. The first kappa shape index (κ1) is 17.4. The number of carbonyl (C=O) groups is 2. The maximum absolute atomic E-state index is 13.6. The largest absolute Gasteiger partial charge is 0.322 e. The minimum Gasteiger partial charge on any atom is -0.322 e. The zero-order chi connectivity index (χ0) is 18.5. The van der Waals surface area contributed by atoms with E-state index in [2.05, 4.69) is 10.6 Å². The van der Waals surface area contributed by atoms with E-state index >= 15 is 0 Å². The number of carbonyl (C=O) groups excluding carboxylic acids is 2. The lowest BCUT2D eigenvalue weighted by molar-refractivity contribution is 0.101. The average molecular weight is 348 g/mol. The highest BCUT2D eigenvalue weighted by atomic mass is 19.1. The Morgan fingerprint density at radius 1 is 0.769 bits per heavy atom. The second-order valence-electron chi connectivity index (χ2n) is 5.83. The SMILES string of the molecule is Cc1cccc(NC(=O)c2ccc(NC(=O)c3ccccc3F)cc2)c1. The Kier molecular flexibility index (Phi) is 5.08. The molecule has 0 aliphatic carbocycles. The quantitative estimate of drug-likeness (QED) is 0.722. The fraction of sp³-hybridized carbons (Fsp3) is 0.0476. The van der Waals surface area contributed by atoms with Crippen molar-refractivity contribution in [3.05, 3.63) is 95.3 Å². The smallest absolute Gasteiger partial charge is 0.258 e. The Bertz CT molecular complexity index is 952. The third kappa shape index (κ3) is 4.13. The first-order valence-corrected chi connectivity index (χ1v) is 8.07. The zero-order valence-corrected chi connectivity index (χ0v) is 14.1. The van der Waals surface area contributed by atoms with Crippen molar-refractivity contribution in [3.63, 3.8) is 0 Å². The van der Waals surface area contributed by atoms with Crippen LogP contribution in [0.15, 0.2) is 72.8 Å². The number of amides is 2. The van der Waals surface area contributed by atoms with Gasteiger partial charge in [-0.3, -0.25) is 9.59 Å². The predicted molar refractivity (Wildman–Crippen MR) is 99.9 cm³/mol. The summed E-state index contributed by atoms with van der Waals surface area (Å²) in [6.45, 7) is 1.95. The summed E-state index contributed by atoms with van der Waals surface area (Å²) < 4.78 is 13.6. The average Bonchev–Trinajstić information content (AvgIpc) is 2.62. The molecule has 3 aromatic rings. The topological polar surface area (TPSA) is 58.2 Å². The summed E-state index contributed by atoms with van der Waals surface area (Å²) in [6, 6.07) is 19.7. The van der Waals surface area contributed by atoms with Gasteiger partial charge in [-0.1, -0.05) is 24.3 Å². The molecule has 0 unspecified atom stereocenters. The zero-order valence-electron chi connectivity index (χ0n) is 14.1. The summed E-state index contributed by atoms with van der Waals surface area (Å²) in [7, 11) is 0. The lowest BCUT2D eigenvalue weighted by Gasteiger charge is -2.08. The van der Waals surface area contributed by atoms with Gasteiger partial charge in [-0.2, -0.15) is 0 Å². The number of aryl methyl sites for hydroxylation is 1. The van der Waals surface area contributed by atoms with Crippen LogP contribution in [0.1, 0.15) is 26.3 Å². The van der Waals surface area contributed by atoms with E-state index in [1.54, 1.807) is 30.3 Å². The van der Waals surface area contributed by atoms with Gasteiger partial charge in [0.1, 0.15) is 5.82 Å². The number of benzene rings is 3. The Hall–Kier alpha value is -3.47. The maximum Gasteiger partial charge on any atom is 0.258 e. The molecule has 3 aromatic carbocycles. The summed E-state index contributed by atoms with van der Waals surface area (Å²) in [5.41, 5.74) is 2.66. The third-order valence-electron chi connectivity index (χ3n) is 3.80. The third-order valence-corrected chi connectivity index (χ3v) is 3.80. The molecule has 2 amide bonds. The molecule has 0 radical (unpaired) electrons. The van der Waals surface area contributed by atoms with E-state index in [0.717, 1.165) is 5.56 Å². The second kappa shape index (κ2) is 7.61. The molecule has 5 heteroatoms. The molecule has 0 heterocycles. The second-order valence-corrected chi connectivity index (χ2v) is 5.83. The van der Waals surface area contributed by atoms with Gasteiger partial charge < -0.3 is 10.6 Å². The van der Waals surface area contributed by atoms with Crippen LogP contribution >= 0.6 is 0 Å². The molecule has 0 saturated carbocycles. The fourth-order valence-electron chi connectivity index (χ4n) is 2.47. The monoisotopic (exact) mass is 348 g/mol. The molecule has 3 rings (SSSR count). The summed E-state index contributed by atoms with van der Waals surface area (Å²) in [5, 5.41) is 5.43. The van der Waals surface area contributed by atoms with Crippen LogP contribution in [0, 0.1) is 12.7 Å². The molecule has 4 nitrogen and oxygen atoms in total. The van der Waals surface area contributed by atoms with Gasteiger partial charge in [0, 0.05) is 16.9 Å². The molecule has 0 atom stereocenters. The van der Waals surface area contributed by atoms with Gasteiger partial charge in [0.25, 0.3) is 11.8 Å². The standard InChI is InChI=1S/C21H17FN2O2/c1-14-5-4-6-17(13-14)24-20(25)15-9-11-16(12-10-15)23-21(26)18-7-2-3-8-19(18)22/h2-13H,1H3,(H,23,26)(H,24,25). The van der Waals surface area contributed by atoms with Gasteiger partial charge in [0.15, 0.2) is 0 Å². The Morgan fingerprint density at radius 3 is 2.15 bits per heavy atom. The van der Waals surface area contributed by atoms with Crippen LogP contribution in [0.2, 0.25) is 0 Å². The van der Waals surface area contributed by atoms with Crippen LogP contribution in [0.3, 0.4) is 0 Å². The van der Waals surface area contributed by atoms with E-state index < -0.39 is 11.7 Å². The van der Waals surface area contributed by atoms with Gasteiger partial charge in [-0.15, -0.1) is 0 Å². The van der Waals surface area contributed by atoms with Crippen molar-refractivity contribution in [1.29, 1.82) is 0 Å². The molecule has 0 aliphatic rings. The number of anilines is 2. The van der Waals surface area contributed by atoms with Crippen LogP contribution in [-0.4, -0.2) is 11.8 Å². The summed E-state index contributed by atoms with van der Waals surface area (Å²) in [5.74, 6) is -1.37. The van der Waals surface area contributed by atoms with Crippen LogP contribution in [0.5, 0.6) is 0 Å². The van der Waals surface area contributed by atoms with Crippen LogP contribution in [0.25, 0.3) is 0 Å². The van der Waals surface area contributed by atoms with Gasteiger partial charge in [0.2, 0.25) is 0 Å². The first-order chi connectivity index (χ1) is 12.5. The predicted octanol–water partition coefficient (Wildman–Crippen LogP) is 4.64. The molecule has 26 heavy (non-hydrogen) atoms. The van der Waals surface area contributed by atoms with E-state index in [9.17, 15) is 14.0 Å². The minimum absolute atomic E-state index is 0.0335. The van der Waals surface area contributed by atoms with Gasteiger partial charge in [-0.05, 0) is 61.0 Å².